The van der Waals surface area contributed by atoms with Gasteiger partial charge < -0.3 is 14.9 Å². The van der Waals surface area contributed by atoms with Crippen LogP contribution in [0.15, 0.2) is 18.2 Å². The van der Waals surface area contributed by atoms with Gasteiger partial charge in [0.2, 0.25) is 11.8 Å². The monoisotopic (exact) mass is 345 g/mol. The van der Waals surface area contributed by atoms with Crippen molar-refractivity contribution in [3.8, 4) is 17.4 Å². The molecular formula is C15H11ClF3NO3. The molecule has 3 heterocycles. The van der Waals surface area contributed by atoms with Gasteiger partial charge in [-0.1, -0.05) is 11.6 Å². The molecule has 2 N–H and O–H groups in total. The normalized spacial score (nSPS) is 22.6. The Labute approximate surface area is 133 Å². The van der Waals surface area contributed by atoms with E-state index in [1.165, 1.54) is 6.07 Å². The third-order valence-corrected chi connectivity index (χ3v) is 4.70. The van der Waals surface area contributed by atoms with Gasteiger partial charge in [-0.2, -0.15) is 13.2 Å². The summed E-state index contributed by atoms with van der Waals surface area (Å²) in [5.41, 5.74) is -0.112. The van der Waals surface area contributed by atoms with Crippen LogP contribution >= 0.6 is 11.6 Å². The average molecular weight is 346 g/mol. The predicted octanol–water partition coefficient (Wildman–Crippen LogP) is 4.47. The summed E-state index contributed by atoms with van der Waals surface area (Å²) in [5, 5.41) is 20.3. The molecule has 1 aromatic carbocycles. The van der Waals surface area contributed by atoms with E-state index in [4.69, 9.17) is 16.3 Å². The topological polar surface area (TPSA) is 54.6 Å². The Kier molecular flexibility index (Phi) is 2.93. The second-order valence-electron chi connectivity index (χ2n) is 5.66. The molecule has 2 bridgehead atoms. The van der Waals surface area contributed by atoms with Crippen molar-refractivity contribution in [3.63, 3.8) is 0 Å². The lowest BCUT2D eigenvalue weighted by Crippen LogP contribution is -2.07. The van der Waals surface area contributed by atoms with Gasteiger partial charge in [0, 0.05) is 0 Å². The fourth-order valence-electron chi connectivity index (χ4n) is 3.39. The van der Waals surface area contributed by atoms with E-state index in [1.807, 2.05) is 0 Å². The van der Waals surface area contributed by atoms with Crippen LogP contribution in [0.25, 0.3) is 5.69 Å². The number of alkyl halides is 3. The summed E-state index contributed by atoms with van der Waals surface area (Å²) in [6, 6.07) is 3.21. The molecule has 4 rings (SSSR count). The molecule has 0 radical (unpaired) electrons. The molecule has 23 heavy (non-hydrogen) atoms. The number of aromatic nitrogens is 1. The zero-order chi connectivity index (χ0) is 16.5. The lowest BCUT2D eigenvalue weighted by atomic mass is 9.95. The summed E-state index contributed by atoms with van der Waals surface area (Å²) in [7, 11) is 0. The molecule has 0 amide bonds. The number of fused-ring (bicyclic) bond motifs is 5. The minimum absolute atomic E-state index is 0.00877. The highest BCUT2D eigenvalue weighted by molar-refractivity contribution is 6.31. The Morgan fingerprint density at radius 2 is 1.65 bits per heavy atom. The highest BCUT2D eigenvalue weighted by atomic mass is 35.5. The Bertz CT molecular complexity index is 782. The molecule has 8 heteroatoms. The van der Waals surface area contributed by atoms with Crippen LogP contribution in [0.3, 0.4) is 0 Å². The van der Waals surface area contributed by atoms with Crippen LogP contribution in [0.4, 0.5) is 13.2 Å². The number of benzene rings is 1. The van der Waals surface area contributed by atoms with Crippen molar-refractivity contribution >= 4 is 11.6 Å². The summed E-state index contributed by atoms with van der Waals surface area (Å²) >= 11 is 5.60. The van der Waals surface area contributed by atoms with Gasteiger partial charge in [-0.05, 0) is 31.0 Å². The van der Waals surface area contributed by atoms with Crippen LogP contribution < -0.4 is 0 Å². The standard InChI is InChI=1S/C15H11ClF3NO3/c16-8-2-1-6(5-7(8)15(17,18)19)20-13(21)11-9-3-4-10(23-9)12(11)14(20)22/h1-2,5,9-10,21-22H,3-4H2/t9-,10+. The van der Waals surface area contributed by atoms with Gasteiger partial charge in [0.25, 0.3) is 0 Å². The van der Waals surface area contributed by atoms with E-state index in [1.54, 1.807) is 0 Å². The molecule has 1 aromatic heterocycles. The van der Waals surface area contributed by atoms with Crippen molar-refractivity contribution in [3.05, 3.63) is 39.9 Å². The van der Waals surface area contributed by atoms with E-state index in [0.717, 1.165) is 16.7 Å². The summed E-state index contributed by atoms with van der Waals surface area (Å²) < 4.78 is 45.6. The number of halogens is 4. The van der Waals surface area contributed by atoms with Crippen LogP contribution in [0.2, 0.25) is 5.02 Å². The molecule has 2 aliphatic rings. The predicted molar refractivity (Wildman–Crippen MR) is 74.9 cm³/mol. The van der Waals surface area contributed by atoms with Gasteiger partial charge in [0.15, 0.2) is 0 Å². The smallest absolute Gasteiger partial charge is 0.417 e. The van der Waals surface area contributed by atoms with E-state index >= 15 is 0 Å². The third kappa shape index (κ3) is 1.96. The zero-order valence-electron chi connectivity index (χ0n) is 11.6. The first-order valence-corrected chi connectivity index (χ1v) is 7.36. The molecule has 2 aromatic rings. The number of rotatable bonds is 1. The molecule has 0 spiro atoms. The highest BCUT2D eigenvalue weighted by Crippen LogP contribution is 2.58. The van der Waals surface area contributed by atoms with Gasteiger partial charge in [-0.15, -0.1) is 0 Å². The van der Waals surface area contributed by atoms with E-state index in [-0.39, 0.29) is 29.7 Å². The number of ether oxygens (including phenoxy) is 1. The molecule has 1 saturated heterocycles. The van der Waals surface area contributed by atoms with Gasteiger partial charge in [-0.3, -0.25) is 4.57 Å². The first kappa shape index (κ1) is 14.7. The van der Waals surface area contributed by atoms with Crippen molar-refractivity contribution < 1.29 is 28.1 Å². The first-order valence-electron chi connectivity index (χ1n) is 6.98. The molecule has 4 nitrogen and oxygen atoms in total. The van der Waals surface area contributed by atoms with Crippen molar-refractivity contribution in [1.29, 1.82) is 0 Å². The van der Waals surface area contributed by atoms with E-state index in [9.17, 15) is 23.4 Å². The third-order valence-electron chi connectivity index (χ3n) is 4.37. The molecule has 0 aliphatic carbocycles. The van der Waals surface area contributed by atoms with Gasteiger partial charge in [0.1, 0.15) is 0 Å². The number of aromatic hydroxyl groups is 2. The maximum absolute atomic E-state index is 13.0. The van der Waals surface area contributed by atoms with Crippen LogP contribution in [0, 0.1) is 0 Å². The molecule has 2 aliphatic heterocycles. The second-order valence-corrected chi connectivity index (χ2v) is 6.07. The summed E-state index contributed by atoms with van der Waals surface area (Å²) in [5.74, 6) is -0.583. The average Bonchev–Trinajstić information content (AvgIpc) is 3.13. The Morgan fingerprint density at radius 3 is 2.17 bits per heavy atom. The SMILES string of the molecule is Oc1c2c(c(O)n1-c1ccc(Cl)c(C(F)(F)F)c1)[C@H]1CC[C@@H]2O1. The molecule has 0 saturated carbocycles. The minimum atomic E-state index is -4.63. The molecular weight excluding hydrogens is 335 g/mol. The van der Waals surface area contributed by atoms with Crippen molar-refractivity contribution in [1.82, 2.24) is 4.57 Å². The maximum atomic E-state index is 13.0. The van der Waals surface area contributed by atoms with Gasteiger partial charge in [0.05, 0.1) is 39.6 Å². The minimum Gasteiger partial charge on any atom is -0.494 e. The molecule has 1 fully saturated rings. The number of hydrogen-bond donors (Lipinski definition) is 2. The first-order chi connectivity index (χ1) is 10.8. The number of nitrogens with zero attached hydrogens (tertiary/aromatic N) is 1. The summed E-state index contributed by atoms with van der Waals surface area (Å²) in [6.07, 6.45) is -3.85. The van der Waals surface area contributed by atoms with Crippen molar-refractivity contribution in [2.75, 3.05) is 0 Å². The van der Waals surface area contributed by atoms with Crippen LogP contribution in [-0.2, 0) is 10.9 Å². The molecule has 122 valence electrons. The zero-order valence-corrected chi connectivity index (χ0v) is 12.3. The Hall–Kier alpha value is -1.86. The summed E-state index contributed by atoms with van der Waals surface area (Å²) in [6.45, 7) is 0. The Balaban J connectivity index is 1.91. The van der Waals surface area contributed by atoms with Crippen LogP contribution in [-0.4, -0.2) is 14.8 Å². The Morgan fingerprint density at radius 1 is 1.09 bits per heavy atom. The van der Waals surface area contributed by atoms with Crippen LogP contribution in [0.5, 0.6) is 11.8 Å². The van der Waals surface area contributed by atoms with E-state index < -0.39 is 16.8 Å². The second kappa shape index (κ2) is 4.58. The fraction of sp³-hybridized carbons (Fsp3) is 0.333. The molecule has 2 atom stereocenters. The van der Waals surface area contributed by atoms with Crippen LogP contribution in [0.1, 0.15) is 41.7 Å². The maximum Gasteiger partial charge on any atom is 0.417 e. The van der Waals surface area contributed by atoms with Crippen molar-refractivity contribution in [2.24, 2.45) is 0 Å². The van der Waals surface area contributed by atoms with Crippen molar-refractivity contribution in [2.45, 2.75) is 31.2 Å². The lowest BCUT2D eigenvalue weighted by Gasteiger charge is -2.14. The largest absolute Gasteiger partial charge is 0.494 e. The quantitative estimate of drug-likeness (QED) is 0.802. The van der Waals surface area contributed by atoms with E-state index in [0.29, 0.717) is 24.0 Å². The fourth-order valence-corrected chi connectivity index (χ4v) is 3.62. The highest BCUT2D eigenvalue weighted by Gasteiger charge is 2.45. The number of hydrogen-bond acceptors (Lipinski definition) is 3. The summed E-state index contributed by atoms with van der Waals surface area (Å²) in [4.78, 5) is 0. The lowest BCUT2D eigenvalue weighted by molar-refractivity contribution is -0.137. The van der Waals surface area contributed by atoms with Gasteiger partial charge in [-0.25, -0.2) is 0 Å². The van der Waals surface area contributed by atoms with E-state index in [2.05, 4.69) is 0 Å². The van der Waals surface area contributed by atoms with Gasteiger partial charge >= 0.3 is 6.18 Å². The molecule has 0 unspecified atom stereocenters.